The van der Waals surface area contributed by atoms with Gasteiger partial charge in [-0.3, -0.25) is 0 Å². The fraction of sp³-hybridized carbons (Fsp3) is 0.185. The van der Waals surface area contributed by atoms with Gasteiger partial charge in [-0.05, 0) is 77.4 Å². The average Bonchev–Trinajstić information content (AvgIpc) is 2.70. The first-order valence-corrected chi connectivity index (χ1v) is 10.1. The summed E-state index contributed by atoms with van der Waals surface area (Å²) in [6.45, 7) is 8.36. The highest BCUT2D eigenvalue weighted by molar-refractivity contribution is 5.87. The Morgan fingerprint density at radius 3 is 1.55 bits per heavy atom. The molecule has 4 N–H and O–H groups in total. The number of nitrogen functional groups attached to an aromatic ring is 2. The third-order valence-corrected chi connectivity index (χ3v) is 6.03. The number of aryl methyl sites for hydroxylation is 4. The summed E-state index contributed by atoms with van der Waals surface area (Å²) in [5, 5.41) is 2.53. The van der Waals surface area contributed by atoms with Crippen molar-refractivity contribution in [2.24, 2.45) is 0 Å². The second-order valence-corrected chi connectivity index (χ2v) is 8.14. The molecule has 0 saturated carbocycles. The maximum absolute atomic E-state index is 6.27. The Balaban J connectivity index is 2.05. The highest BCUT2D eigenvalue weighted by atomic mass is 14.6. The van der Waals surface area contributed by atoms with Crippen LogP contribution in [0.5, 0.6) is 0 Å². The molecule has 0 unspecified atom stereocenters. The van der Waals surface area contributed by atoms with E-state index >= 15 is 0 Å². The molecular formula is C27H28N2. The minimum absolute atomic E-state index is 0.108. The van der Waals surface area contributed by atoms with Crippen LogP contribution in [0, 0.1) is 27.7 Å². The zero-order valence-corrected chi connectivity index (χ0v) is 17.6. The fourth-order valence-corrected chi connectivity index (χ4v) is 4.40. The van der Waals surface area contributed by atoms with E-state index in [9.17, 15) is 0 Å². The molecule has 29 heavy (non-hydrogen) atoms. The Bertz CT molecular complexity index is 1110. The standard InChI is InChI=1S/C27H28N2/c1-16-12-21(13-17(2)26(16)28)25(22-14-18(3)27(29)19(4)15-22)24-11-7-9-20-8-5-6-10-23(20)24/h5-15,25H,28-29H2,1-4H3. The molecule has 0 aliphatic heterocycles. The topological polar surface area (TPSA) is 52.0 Å². The molecular weight excluding hydrogens is 352 g/mol. The van der Waals surface area contributed by atoms with Crippen molar-refractivity contribution in [1.82, 2.24) is 0 Å². The maximum Gasteiger partial charge on any atom is 0.0373 e. The zero-order chi connectivity index (χ0) is 20.7. The summed E-state index contributed by atoms with van der Waals surface area (Å²) in [7, 11) is 0. The van der Waals surface area contributed by atoms with Crippen molar-refractivity contribution < 1.29 is 0 Å². The number of benzene rings is 4. The lowest BCUT2D eigenvalue weighted by molar-refractivity contribution is 0.977. The van der Waals surface area contributed by atoms with Gasteiger partial charge in [0.25, 0.3) is 0 Å². The van der Waals surface area contributed by atoms with Gasteiger partial charge in [0, 0.05) is 17.3 Å². The molecule has 0 saturated heterocycles. The molecule has 146 valence electrons. The summed E-state index contributed by atoms with van der Waals surface area (Å²) in [5.41, 5.74) is 22.6. The van der Waals surface area contributed by atoms with Gasteiger partial charge in [0.1, 0.15) is 0 Å². The monoisotopic (exact) mass is 380 g/mol. The first-order chi connectivity index (χ1) is 13.9. The van der Waals surface area contributed by atoms with Gasteiger partial charge in [-0.15, -0.1) is 0 Å². The van der Waals surface area contributed by atoms with Crippen LogP contribution in [0.25, 0.3) is 10.8 Å². The van der Waals surface area contributed by atoms with Crippen molar-refractivity contribution in [2.45, 2.75) is 33.6 Å². The van der Waals surface area contributed by atoms with Crippen LogP contribution in [0.3, 0.4) is 0 Å². The Morgan fingerprint density at radius 1 is 0.586 bits per heavy atom. The number of hydrogen-bond acceptors (Lipinski definition) is 2. The second kappa shape index (κ2) is 7.29. The average molecular weight is 381 g/mol. The molecule has 2 heteroatoms. The summed E-state index contributed by atoms with van der Waals surface area (Å²) < 4.78 is 0. The fourth-order valence-electron chi connectivity index (χ4n) is 4.40. The molecule has 0 fully saturated rings. The second-order valence-electron chi connectivity index (χ2n) is 8.14. The van der Waals surface area contributed by atoms with E-state index in [2.05, 4.69) is 94.4 Å². The Hall–Kier alpha value is -3.26. The highest BCUT2D eigenvalue weighted by Gasteiger charge is 2.21. The van der Waals surface area contributed by atoms with Crippen LogP contribution in [0.4, 0.5) is 11.4 Å². The SMILES string of the molecule is Cc1cc(C(c2cc(C)c(N)c(C)c2)c2cccc3ccccc23)cc(C)c1N. The molecule has 0 atom stereocenters. The van der Waals surface area contributed by atoms with Crippen molar-refractivity contribution in [3.63, 3.8) is 0 Å². The van der Waals surface area contributed by atoms with Gasteiger partial charge in [-0.1, -0.05) is 66.7 Å². The Labute approximate surface area is 173 Å². The highest BCUT2D eigenvalue weighted by Crippen LogP contribution is 2.39. The molecule has 4 aromatic rings. The molecule has 0 bridgehead atoms. The van der Waals surface area contributed by atoms with E-state index in [1.165, 1.54) is 27.5 Å². The first kappa shape index (κ1) is 19.1. The van der Waals surface area contributed by atoms with E-state index < -0.39 is 0 Å². The van der Waals surface area contributed by atoms with Crippen LogP contribution in [0.2, 0.25) is 0 Å². The molecule has 4 rings (SSSR count). The van der Waals surface area contributed by atoms with Crippen molar-refractivity contribution in [3.05, 3.63) is 106 Å². The normalized spacial score (nSPS) is 11.3. The molecule has 0 heterocycles. The Morgan fingerprint density at radius 2 is 1.03 bits per heavy atom. The van der Waals surface area contributed by atoms with Crippen LogP contribution in [0.1, 0.15) is 44.9 Å². The third kappa shape index (κ3) is 3.36. The summed E-state index contributed by atoms with van der Waals surface area (Å²) in [6, 6.07) is 24.1. The van der Waals surface area contributed by atoms with Crippen LogP contribution >= 0.6 is 0 Å². The van der Waals surface area contributed by atoms with Crippen LogP contribution < -0.4 is 11.5 Å². The predicted molar refractivity (Wildman–Crippen MR) is 126 cm³/mol. The van der Waals surface area contributed by atoms with Gasteiger partial charge < -0.3 is 11.5 Å². The van der Waals surface area contributed by atoms with Gasteiger partial charge in [0.2, 0.25) is 0 Å². The van der Waals surface area contributed by atoms with Crippen molar-refractivity contribution >= 4 is 22.1 Å². The van der Waals surface area contributed by atoms with Gasteiger partial charge in [0.15, 0.2) is 0 Å². The molecule has 0 radical (unpaired) electrons. The first-order valence-electron chi connectivity index (χ1n) is 10.1. The van der Waals surface area contributed by atoms with Crippen molar-refractivity contribution in [2.75, 3.05) is 11.5 Å². The summed E-state index contributed by atoms with van der Waals surface area (Å²) in [6.07, 6.45) is 0. The predicted octanol–water partition coefficient (Wildman–Crippen LogP) is 6.42. The summed E-state index contributed by atoms with van der Waals surface area (Å²) in [5.74, 6) is 0.108. The van der Waals surface area contributed by atoms with Crippen LogP contribution in [-0.4, -0.2) is 0 Å². The minimum atomic E-state index is 0.108. The van der Waals surface area contributed by atoms with E-state index in [1.807, 2.05) is 0 Å². The van der Waals surface area contributed by atoms with E-state index in [0.717, 1.165) is 33.6 Å². The minimum Gasteiger partial charge on any atom is -0.398 e. The van der Waals surface area contributed by atoms with E-state index in [-0.39, 0.29) is 5.92 Å². The van der Waals surface area contributed by atoms with Gasteiger partial charge in [-0.2, -0.15) is 0 Å². The number of rotatable bonds is 3. The van der Waals surface area contributed by atoms with Crippen molar-refractivity contribution in [3.8, 4) is 0 Å². The molecule has 0 amide bonds. The van der Waals surface area contributed by atoms with E-state index in [1.54, 1.807) is 0 Å². The molecule has 0 spiro atoms. The Kier molecular flexibility index (Phi) is 4.79. The lowest BCUT2D eigenvalue weighted by Crippen LogP contribution is -2.08. The molecule has 4 aromatic carbocycles. The van der Waals surface area contributed by atoms with Gasteiger partial charge in [0.05, 0.1) is 0 Å². The number of nitrogens with two attached hydrogens (primary N) is 2. The number of fused-ring (bicyclic) bond motifs is 1. The number of anilines is 2. The third-order valence-electron chi connectivity index (χ3n) is 6.03. The summed E-state index contributed by atoms with van der Waals surface area (Å²) >= 11 is 0. The zero-order valence-electron chi connectivity index (χ0n) is 17.6. The molecule has 2 nitrogen and oxygen atoms in total. The largest absolute Gasteiger partial charge is 0.398 e. The number of hydrogen-bond donors (Lipinski definition) is 2. The van der Waals surface area contributed by atoms with Crippen molar-refractivity contribution in [1.29, 1.82) is 0 Å². The maximum atomic E-state index is 6.27. The molecule has 0 aliphatic rings. The van der Waals surface area contributed by atoms with E-state index in [4.69, 9.17) is 11.5 Å². The lowest BCUT2D eigenvalue weighted by atomic mass is 9.80. The van der Waals surface area contributed by atoms with Crippen LogP contribution in [0.15, 0.2) is 66.7 Å². The summed E-state index contributed by atoms with van der Waals surface area (Å²) in [4.78, 5) is 0. The lowest BCUT2D eigenvalue weighted by Gasteiger charge is -2.24. The van der Waals surface area contributed by atoms with Gasteiger partial charge in [-0.25, -0.2) is 0 Å². The van der Waals surface area contributed by atoms with E-state index in [0.29, 0.717) is 0 Å². The van der Waals surface area contributed by atoms with Crippen LogP contribution in [-0.2, 0) is 0 Å². The molecule has 0 aromatic heterocycles. The molecule has 0 aliphatic carbocycles. The quantitative estimate of drug-likeness (QED) is 0.318. The smallest absolute Gasteiger partial charge is 0.0373 e. The van der Waals surface area contributed by atoms with Gasteiger partial charge >= 0.3 is 0 Å².